The maximum Gasteiger partial charge on any atom is 0.311 e. The predicted octanol–water partition coefficient (Wildman–Crippen LogP) is 2.19. The van der Waals surface area contributed by atoms with E-state index >= 15 is 0 Å². The van der Waals surface area contributed by atoms with Crippen LogP contribution >= 0.6 is 0 Å². The Bertz CT molecular complexity index is 1050. The van der Waals surface area contributed by atoms with E-state index in [-0.39, 0.29) is 23.1 Å². The molecule has 3 aromatic rings. The van der Waals surface area contributed by atoms with E-state index in [9.17, 15) is 14.9 Å². The van der Waals surface area contributed by atoms with Crippen LogP contribution in [0.2, 0.25) is 0 Å². The fraction of sp³-hybridized carbons (Fsp3) is 0.0588. The van der Waals surface area contributed by atoms with Crippen molar-refractivity contribution in [3.05, 3.63) is 74.6 Å². The standard InChI is InChI=1S/C17H14N6O4/c1-27-14-8-7-11(9-13(14)23(25)26)10-18-21-17-19-16(24)15(20-22-17)12-5-3-2-4-6-12/h2-10H,1H3,(H2,19,21,22,24)/b18-10+. The average Bonchev–Trinajstić information content (AvgIpc) is 2.68. The van der Waals surface area contributed by atoms with E-state index in [0.717, 1.165) is 0 Å². The number of nitrogens with zero attached hydrogens (tertiary/aromatic N) is 4. The Balaban J connectivity index is 1.75. The largest absolute Gasteiger partial charge is 0.490 e. The van der Waals surface area contributed by atoms with Crippen LogP contribution in [0, 0.1) is 10.1 Å². The van der Waals surface area contributed by atoms with Gasteiger partial charge in [-0.1, -0.05) is 30.3 Å². The predicted molar refractivity (Wildman–Crippen MR) is 99.0 cm³/mol. The van der Waals surface area contributed by atoms with Crippen LogP contribution in [-0.2, 0) is 0 Å². The molecule has 136 valence electrons. The Morgan fingerprint density at radius 1 is 1.22 bits per heavy atom. The Hall–Kier alpha value is -4.08. The van der Waals surface area contributed by atoms with Gasteiger partial charge in [0.2, 0.25) is 5.95 Å². The number of aromatic nitrogens is 3. The quantitative estimate of drug-likeness (QED) is 0.388. The first-order chi connectivity index (χ1) is 13.1. The van der Waals surface area contributed by atoms with Gasteiger partial charge in [0.25, 0.3) is 5.56 Å². The van der Waals surface area contributed by atoms with Gasteiger partial charge in [0.15, 0.2) is 11.4 Å². The highest BCUT2D eigenvalue weighted by atomic mass is 16.6. The molecule has 0 saturated heterocycles. The number of nitrogens with one attached hydrogen (secondary N) is 2. The van der Waals surface area contributed by atoms with Crippen molar-refractivity contribution in [1.29, 1.82) is 0 Å². The molecule has 0 amide bonds. The molecular weight excluding hydrogens is 352 g/mol. The number of H-pyrrole nitrogens is 1. The topological polar surface area (TPSA) is 135 Å². The molecule has 0 aliphatic heterocycles. The number of rotatable bonds is 6. The monoisotopic (exact) mass is 366 g/mol. The molecule has 2 aromatic carbocycles. The smallest absolute Gasteiger partial charge is 0.311 e. The Labute approximate surface area is 152 Å². The van der Waals surface area contributed by atoms with Crippen molar-refractivity contribution in [2.75, 3.05) is 12.5 Å². The van der Waals surface area contributed by atoms with E-state index < -0.39 is 10.5 Å². The molecule has 1 heterocycles. The molecule has 27 heavy (non-hydrogen) atoms. The minimum atomic E-state index is -0.547. The van der Waals surface area contributed by atoms with Gasteiger partial charge in [-0.3, -0.25) is 19.9 Å². The fourth-order valence-electron chi connectivity index (χ4n) is 2.27. The minimum absolute atomic E-state index is 0.0407. The second kappa shape index (κ2) is 7.87. The third kappa shape index (κ3) is 4.12. The molecule has 3 rings (SSSR count). The average molecular weight is 366 g/mol. The molecular formula is C17H14N6O4. The van der Waals surface area contributed by atoms with Crippen LogP contribution in [0.3, 0.4) is 0 Å². The highest BCUT2D eigenvalue weighted by Crippen LogP contribution is 2.26. The van der Waals surface area contributed by atoms with E-state index in [1.807, 2.05) is 6.07 Å². The molecule has 0 aliphatic rings. The van der Waals surface area contributed by atoms with Gasteiger partial charge in [0.1, 0.15) is 0 Å². The molecule has 0 spiro atoms. The summed E-state index contributed by atoms with van der Waals surface area (Å²) < 4.78 is 4.94. The maximum absolute atomic E-state index is 12.1. The van der Waals surface area contributed by atoms with Crippen molar-refractivity contribution in [3.63, 3.8) is 0 Å². The van der Waals surface area contributed by atoms with Crippen molar-refractivity contribution in [1.82, 2.24) is 15.2 Å². The van der Waals surface area contributed by atoms with E-state index in [1.165, 1.54) is 25.5 Å². The second-order valence-corrected chi connectivity index (χ2v) is 5.28. The van der Waals surface area contributed by atoms with Crippen LogP contribution in [0.1, 0.15) is 5.56 Å². The van der Waals surface area contributed by atoms with Crippen molar-refractivity contribution in [2.45, 2.75) is 0 Å². The summed E-state index contributed by atoms with van der Waals surface area (Å²) in [5.74, 6) is 0.191. The van der Waals surface area contributed by atoms with Gasteiger partial charge in [0, 0.05) is 17.2 Å². The Morgan fingerprint density at radius 2 is 2.00 bits per heavy atom. The van der Waals surface area contributed by atoms with Crippen LogP contribution in [-0.4, -0.2) is 33.4 Å². The maximum atomic E-state index is 12.1. The number of hydrogen-bond donors (Lipinski definition) is 2. The number of hydrazone groups is 1. The normalized spacial score (nSPS) is 10.7. The lowest BCUT2D eigenvalue weighted by Crippen LogP contribution is -2.15. The van der Waals surface area contributed by atoms with Gasteiger partial charge in [-0.25, -0.2) is 5.43 Å². The van der Waals surface area contributed by atoms with Crippen LogP contribution in [0.25, 0.3) is 11.3 Å². The highest BCUT2D eigenvalue weighted by Gasteiger charge is 2.14. The zero-order valence-electron chi connectivity index (χ0n) is 14.1. The summed E-state index contributed by atoms with van der Waals surface area (Å²) in [5.41, 5.74) is 3.23. The number of hydrogen-bond acceptors (Lipinski definition) is 8. The lowest BCUT2D eigenvalue weighted by Gasteiger charge is -2.02. The first-order valence-corrected chi connectivity index (χ1v) is 7.72. The van der Waals surface area contributed by atoms with E-state index in [0.29, 0.717) is 11.1 Å². The van der Waals surface area contributed by atoms with Gasteiger partial charge in [-0.15, -0.1) is 10.2 Å². The molecule has 0 bridgehead atoms. The summed E-state index contributed by atoms with van der Waals surface area (Å²) in [6.07, 6.45) is 1.34. The van der Waals surface area contributed by atoms with E-state index in [1.54, 1.807) is 30.3 Å². The zero-order valence-corrected chi connectivity index (χ0v) is 14.1. The van der Waals surface area contributed by atoms with Gasteiger partial charge in [-0.2, -0.15) is 5.10 Å². The summed E-state index contributed by atoms with van der Waals surface area (Å²) >= 11 is 0. The number of methoxy groups -OCH3 is 1. The van der Waals surface area contributed by atoms with Crippen molar-refractivity contribution in [2.24, 2.45) is 5.10 Å². The van der Waals surface area contributed by atoms with E-state index in [4.69, 9.17) is 4.74 Å². The SMILES string of the molecule is COc1ccc(/C=N/Nc2nnc(-c3ccccc3)c(=O)[nH]2)cc1[N+](=O)[O-]. The van der Waals surface area contributed by atoms with Gasteiger partial charge in [-0.05, 0) is 12.1 Å². The number of anilines is 1. The summed E-state index contributed by atoms with van der Waals surface area (Å²) in [6, 6.07) is 13.3. The first-order valence-electron chi connectivity index (χ1n) is 7.72. The number of benzene rings is 2. The minimum Gasteiger partial charge on any atom is -0.490 e. The third-order valence-corrected chi connectivity index (χ3v) is 3.53. The molecule has 0 unspecified atom stereocenters. The number of aromatic amines is 1. The summed E-state index contributed by atoms with van der Waals surface area (Å²) in [6.45, 7) is 0. The second-order valence-electron chi connectivity index (χ2n) is 5.28. The molecule has 0 saturated carbocycles. The Morgan fingerprint density at radius 3 is 2.67 bits per heavy atom. The van der Waals surface area contributed by atoms with E-state index in [2.05, 4.69) is 25.7 Å². The number of nitro benzene ring substituents is 1. The molecule has 10 heteroatoms. The van der Waals surface area contributed by atoms with Gasteiger partial charge < -0.3 is 4.74 Å². The molecule has 0 aliphatic carbocycles. The van der Waals surface area contributed by atoms with Gasteiger partial charge >= 0.3 is 5.69 Å². The lowest BCUT2D eigenvalue weighted by molar-refractivity contribution is -0.385. The van der Waals surface area contributed by atoms with Crippen LogP contribution in [0.15, 0.2) is 58.4 Å². The lowest BCUT2D eigenvalue weighted by atomic mass is 10.2. The molecule has 1 aromatic heterocycles. The molecule has 0 fully saturated rings. The molecule has 10 nitrogen and oxygen atoms in total. The van der Waals surface area contributed by atoms with Crippen molar-refractivity contribution < 1.29 is 9.66 Å². The number of ether oxygens (including phenoxy) is 1. The van der Waals surface area contributed by atoms with Crippen LogP contribution in [0.5, 0.6) is 5.75 Å². The fourth-order valence-corrected chi connectivity index (χ4v) is 2.27. The number of nitro groups is 1. The first kappa shape index (κ1) is 17.7. The molecule has 2 N–H and O–H groups in total. The Kier molecular flexibility index (Phi) is 5.17. The van der Waals surface area contributed by atoms with Crippen molar-refractivity contribution in [3.8, 4) is 17.0 Å². The summed E-state index contributed by atoms with van der Waals surface area (Å²) in [5, 5.41) is 22.7. The summed E-state index contributed by atoms with van der Waals surface area (Å²) in [7, 11) is 1.35. The summed E-state index contributed by atoms with van der Waals surface area (Å²) in [4.78, 5) is 25.1. The van der Waals surface area contributed by atoms with Crippen molar-refractivity contribution >= 4 is 17.9 Å². The third-order valence-electron chi connectivity index (χ3n) is 3.53. The van der Waals surface area contributed by atoms with Crippen LogP contribution < -0.4 is 15.7 Å². The highest BCUT2D eigenvalue weighted by molar-refractivity contribution is 5.82. The molecule has 0 atom stereocenters. The van der Waals surface area contributed by atoms with Crippen LogP contribution in [0.4, 0.5) is 11.6 Å². The molecule has 0 radical (unpaired) electrons. The van der Waals surface area contributed by atoms with Gasteiger partial charge in [0.05, 0.1) is 18.2 Å². The zero-order chi connectivity index (χ0) is 19.2.